The summed E-state index contributed by atoms with van der Waals surface area (Å²) in [4.78, 5) is 16.3. The standard InChI is InChI=1S/C21H20N4O2/c1-15-13-27-20-6-5-18(10-19(15)20)24-21(26)23-11-16-3-2-4-17(9-16)12-25-8-7-22-14-25/h2-10,13-14H,11-12H2,1H3,(H2,23,24,26). The summed E-state index contributed by atoms with van der Waals surface area (Å²) in [6.07, 6.45) is 7.19. The van der Waals surface area contributed by atoms with E-state index < -0.39 is 0 Å². The average Bonchev–Trinajstić information content (AvgIpc) is 3.31. The first-order chi connectivity index (χ1) is 13.2. The van der Waals surface area contributed by atoms with E-state index in [-0.39, 0.29) is 6.03 Å². The molecule has 27 heavy (non-hydrogen) atoms. The minimum absolute atomic E-state index is 0.240. The second-order valence-electron chi connectivity index (χ2n) is 6.49. The molecule has 6 heteroatoms. The lowest BCUT2D eigenvalue weighted by Crippen LogP contribution is -2.28. The number of fused-ring (bicyclic) bond motifs is 1. The Hall–Kier alpha value is -3.54. The third-order valence-electron chi connectivity index (χ3n) is 4.39. The van der Waals surface area contributed by atoms with Crippen LogP contribution in [0.5, 0.6) is 0 Å². The van der Waals surface area contributed by atoms with Crippen LogP contribution in [0.4, 0.5) is 10.5 Å². The summed E-state index contributed by atoms with van der Waals surface area (Å²) in [5.41, 5.74) is 4.80. The van der Waals surface area contributed by atoms with Crippen LogP contribution >= 0.6 is 0 Å². The smallest absolute Gasteiger partial charge is 0.319 e. The fraction of sp³-hybridized carbons (Fsp3) is 0.143. The van der Waals surface area contributed by atoms with Crippen molar-refractivity contribution in [2.45, 2.75) is 20.0 Å². The number of urea groups is 1. The Morgan fingerprint density at radius 2 is 2.07 bits per heavy atom. The first kappa shape index (κ1) is 16.9. The number of hydrogen-bond acceptors (Lipinski definition) is 3. The van der Waals surface area contributed by atoms with Gasteiger partial charge in [-0.25, -0.2) is 9.78 Å². The zero-order chi connectivity index (χ0) is 18.6. The molecule has 0 aliphatic rings. The SMILES string of the molecule is Cc1coc2ccc(NC(=O)NCc3cccc(Cn4ccnc4)c3)cc12. The highest BCUT2D eigenvalue weighted by molar-refractivity contribution is 5.93. The van der Waals surface area contributed by atoms with Gasteiger partial charge < -0.3 is 19.6 Å². The van der Waals surface area contributed by atoms with Gasteiger partial charge in [-0.2, -0.15) is 0 Å². The van der Waals surface area contributed by atoms with Gasteiger partial charge in [0.25, 0.3) is 0 Å². The molecule has 2 aromatic carbocycles. The number of amides is 2. The molecule has 4 aromatic rings. The first-order valence-corrected chi connectivity index (χ1v) is 8.74. The molecule has 0 spiro atoms. The second-order valence-corrected chi connectivity index (χ2v) is 6.49. The van der Waals surface area contributed by atoms with Crippen LogP contribution in [-0.4, -0.2) is 15.6 Å². The van der Waals surface area contributed by atoms with Crippen LogP contribution in [0.15, 0.2) is 71.9 Å². The average molecular weight is 360 g/mol. The maximum absolute atomic E-state index is 12.2. The van der Waals surface area contributed by atoms with Crippen molar-refractivity contribution in [3.63, 3.8) is 0 Å². The number of aromatic nitrogens is 2. The summed E-state index contributed by atoms with van der Waals surface area (Å²) in [5, 5.41) is 6.77. The minimum Gasteiger partial charge on any atom is -0.464 e. The Balaban J connectivity index is 1.36. The molecule has 0 saturated heterocycles. The van der Waals surface area contributed by atoms with E-state index in [1.165, 1.54) is 0 Å². The van der Waals surface area contributed by atoms with Gasteiger partial charge >= 0.3 is 6.03 Å². The van der Waals surface area contributed by atoms with E-state index in [0.717, 1.165) is 39.9 Å². The molecule has 0 atom stereocenters. The predicted molar refractivity (Wildman–Crippen MR) is 105 cm³/mol. The van der Waals surface area contributed by atoms with E-state index >= 15 is 0 Å². The number of hydrogen-bond donors (Lipinski definition) is 2. The van der Waals surface area contributed by atoms with E-state index in [1.807, 2.05) is 48.0 Å². The molecule has 0 fully saturated rings. The Labute approximate surface area is 156 Å². The van der Waals surface area contributed by atoms with E-state index in [2.05, 4.69) is 27.8 Å². The number of anilines is 1. The van der Waals surface area contributed by atoms with Crippen LogP contribution in [0.3, 0.4) is 0 Å². The summed E-state index contributed by atoms with van der Waals surface area (Å²) >= 11 is 0. The number of imidazole rings is 1. The van der Waals surface area contributed by atoms with E-state index in [9.17, 15) is 4.79 Å². The molecule has 0 bridgehead atoms. The van der Waals surface area contributed by atoms with Gasteiger partial charge in [0.1, 0.15) is 5.58 Å². The molecule has 0 aliphatic heterocycles. The Kier molecular flexibility index (Phi) is 4.61. The topological polar surface area (TPSA) is 72.1 Å². The van der Waals surface area contributed by atoms with Gasteiger partial charge in [0.05, 0.1) is 12.6 Å². The number of carbonyl (C=O) groups excluding carboxylic acids is 1. The van der Waals surface area contributed by atoms with Crippen molar-refractivity contribution in [3.8, 4) is 0 Å². The van der Waals surface area contributed by atoms with Crippen LogP contribution in [0.25, 0.3) is 11.0 Å². The molecule has 2 heterocycles. The number of nitrogens with zero attached hydrogens (tertiary/aromatic N) is 2. The summed E-state index contributed by atoms with van der Waals surface area (Å²) in [6.45, 7) is 3.19. The lowest BCUT2D eigenvalue weighted by atomic mass is 10.1. The van der Waals surface area contributed by atoms with E-state index in [1.54, 1.807) is 18.8 Å². The molecule has 6 nitrogen and oxygen atoms in total. The predicted octanol–water partition coefficient (Wildman–Crippen LogP) is 4.31. The molecule has 4 rings (SSSR count). The maximum Gasteiger partial charge on any atom is 0.319 e. The molecule has 2 N–H and O–H groups in total. The quantitative estimate of drug-likeness (QED) is 0.557. The highest BCUT2D eigenvalue weighted by atomic mass is 16.3. The zero-order valence-corrected chi connectivity index (χ0v) is 15.0. The number of rotatable bonds is 5. The lowest BCUT2D eigenvalue weighted by Gasteiger charge is -2.09. The minimum atomic E-state index is -0.240. The Morgan fingerprint density at radius 3 is 2.93 bits per heavy atom. The van der Waals surface area contributed by atoms with Crippen molar-refractivity contribution in [1.29, 1.82) is 0 Å². The molecule has 0 radical (unpaired) electrons. The normalized spacial score (nSPS) is 10.9. The van der Waals surface area contributed by atoms with Crippen LogP contribution in [0.2, 0.25) is 0 Å². The van der Waals surface area contributed by atoms with Gasteiger partial charge in [0, 0.05) is 36.6 Å². The van der Waals surface area contributed by atoms with Crippen LogP contribution in [0.1, 0.15) is 16.7 Å². The monoisotopic (exact) mass is 360 g/mol. The largest absolute Gasteiger partial charge is 0.464 e. The number of furan rings is 1. The van der Waals surface area contributed by atoms with Crippen molar-refractivity contribution >= 4 is 22.7 Å². The highest BCUT2D eigenvalue weighted by Crippen LogP contribution is 2.23. The van der Waals surface area contributed by atoms with Gasteiger partial charge in [0.15, 0.2) is 0 Å². The van der Waals surface area contributed by atoms with Crippen molar-refractivity contribution in [1.82, 2.24) is 14.9 Å². The summed E-state index contributed by atoms with van der Waals surface area (Å²) in [6, 6.07) is 13.5. The van der Waals surface area contributed by atoms with Gasteiger partial charge in [-0.1, -0.05) is 24.3 Å². The fourth-order valence-electron chi connectivity index (χ4n) is 3.02. The zero-order valence-electron chi connectivity index (χ0n) is 15.0. The molecule has 2 aromatic heterocycles. The molecular weight excluding hydrogens is 340 g/mol. The van der Waals surface area contributed by atoms with Gasteiger partial charge in [0.2, 0.25) is 0 Å². The van der Waals surface area contributed by atoms with Crippen LogP contribution in [0, 0.1) is 6.92 Å². The van der Waals surface area contributed by atoms with Gasteiger partial charge in [-0.3, -0.25) is 0 Å². The molecular formula is C21H20N4O2. The second kappa shape index (κ2) is 7.37. The Bertz CT molecular complexity index is 1070. The third kappa shape index (κ3) is 4.00. The molecule has 136 valence electrons. The summed E-state index contributed by atoms with van der Waals surface area (Å²) in [5.74, 6) is 0. The van der Waals surface area contributed by atoms with Crippen molar-refractivity contribution in [2.75, 3.05) is 5.32 Å². The summed E-state index contributed by atoms with van der Waals surface area (Å²) in [7, 11) is 0. The van der Waals surface area contributed by atoms with E-state index in [0.29, 0.717) is 6.54 Å². The number of benzene rings is 2. The Morgan fingerprint density at radius 1 is 1.19 bits per heavy atom. The molecule has 0 aliphatic carbocycles. The lowest BCUT2D eigenvalue weighted by molar-refractivity contribution is 0.251. The van der Waals surface area contributed by atoms with Gasteiger partial charge in [-0.05, 0) is 41.8 Å². The fourth-order valence-corrected chi connectivity index (χ4v) is 3.02. The highest BCUT2D eigenvalue weighted by Gasteiger charge is 2.06. The first-order valence-electron chi connectivity index (χ1n) is 8.74. The maximum atomic E-state index is 12.2. The van der Waals surface area contributed by atoms with Crippen molar-refractivity contribution in [3.05, 3.63) is 84.1 Å². The number of nitrogens with one attached hydrogen (secondary N) is 2. The number of aryl methyl sites for hydroxylation is 1. The van der Waals surface area contributed by atoms with Crippen molar-refractivity contribution < 1.29 is 9.21 Å². The van der Waals surface area contributed by atoms with Gasteiger partial charge in [-0.15, -0.1) is 0 Å². The number of carbonyl (C=O) groups is 1. The third-order valence-corrected chi connectivity index (χ3v) is 4.39. The molecule has 2 amide bonds. The van der Waals surface area contributed by atoms with Crippen LogP contribution < -0.4 is 10.6 Å². The molecule has 0 saturated carbocycles. The summed E-state index contributed by atoms with van der Waals surface area (Å²) < 4.78 is 7.44. The molecule has 0 unspecified atom stereocenters. The van der Waals surface area contributed by atoms with E-state index in [4.69, 9.17) is 4.42 Å². The van der Waals surface area contributed by atoms with Crippen molar-refractivity contribution in [2.24, 2.45) is 0 Å². The van der Waals surface area contributed by atoms with Crippen LogP contribution in [-0.2, 0) is 13.1 Å².